The van der Waals surface area contributed by atoms with Gasteiger partial charge in [0.25, 0.3) is 0 Å². The lowest BCUT2D eigenvalue weighted by Crippen LogP contribution is -2.63. The summed E-state index contributed by atoms with van der Waals surface area (Å²) in [7, 11) is -1.39. The highest BCUT2D eigenvalue weighted by molar-refractivity contribution is 7.99. The first-order valence-electron chi connectivity index (χ1n) is 10.1. The van der Waals surface area contributed by atoms with Gasteiger partial charge in [-0.25, -0.2) is 13.2 Å². The molecule has 0 heterocycles. The minimum atomic E-state index is -4.10. The van der Waals surface area contributed by atoms with Gasteiger partial charge in [0, 0.05) is 17.0 Å². The first-order chi connectivity index (χ1) is 15.7. The molecule has 1 atom stereocenters. The maximum atomic E-state index is 13.2. The number of hydrogen-bond donors (Lipinski definition) is 2. The minimum absolute atomic E-state index is 0.0321. The molecule has 7 nitrogen and oxygen atoms in total. The molecule has 0 saturated carbocycles. The molecule has 1 unspecified atom stereocenters. The predicted octanol–water partition coefficient (Wildman–Crippen LogP) is 3.94. The lowest BCUT2D eigenvalue weighted by Gasteiger charge is -2.37. The highest BCUT2D eigenvalue weighted by Crippen LogP contribution is 2.29. The van der Waals surface area contributed by atoms with Crippen LogP contribution in [0.25, 0.3) is 0 Å². The van der Waals surface area contributed by atoms with Crippen molar-refractivity contribution in [2.45, 2.75) is 35.2 Å². The van der Waals surface area contributed by atoms with Crippen LogP contribution in [0.5, 0.6) is 5.75 Å². The summed E-state index contributed by atoms with van der Waals surface area (Å²) >= 11 is 7.44. The standard InChI is InChI=1S/C23H27ClN2O5S2/c1-4-5-16-31-19-9-13-21(14-10-19)33(29,30)26(3)23(25-2,22(27)28)15-6-17-32-20-11-7-18(24)8-12-20/h7-14,25H,6,15-17H2,1-3H3,(H,27,28). The smallest absolute Gasteiger partial charge is 0.340 e. The Morgan fingerprint density at radius 2 is 1.85 bits per heavy atom. The summed E-state index contributed by atoms with van der Waals surface area (Å²) in [5.74, 6) is 5.27. The summed E-state index contributed by atoms with van der Waals surface area (Å²) in [5, 5.41) is 13.4. The summed E-state index contributed by atoms with van der Waals surface area (Å²) in [6.07, 6.45) is 0.539. The van der Waals surface area contributed by atoms with Crippen molar-refractivity contribution in [3.05, 3.63) is 53.6 Å². The molecular formula is C23H27ClN2O5S2. The van der Waals surface area contributed by atoms with Crippen LogP contribution < -0.4 is 10.1 Å². The third kappa shape index (κ3) is 6.88. The second-order valence-electron chi connectivity index (χ2n) is 6.98. The Hall–Kier alpha value is -2.22. The number of benzene rings is 2. The third-order valence-electron chi connectivity index (χ3n) is 5.04. The van der Waals surface area contributed by atoms with Crippen molar-refractivity contribution in [2.75, 3.05) is 26.5 Å². The number of carbonyl (C=O) groups is 1. The van der Waals surface area contributed by atoms with E-state index in [-0.39, 0.29) is 17.9 Å². The van der Waals surface area contributed by atoms with Gasteiger partial charge in [0.15, 0.2) is 5.66 Å². The van der Waals surface area contributed by atoms with Gasteiger partial charge in [-0.15, -0.1) is 17.7 Å². The number of ether oxygens (including phenoxy) is 1. The number of aliphatic carboxylic acids is 1. The molecule has 2 aromatic carbocycles. The van der Waals surface area contributed by atoms with Crippen molar-refractivity contribution in [1.82, 2.24) is 9.62 Å². The van der Waals surface area contributed by atoms with E-state index in [1.807, 2.05) is 12.1 Å². The number of sulfonamides is 1. The number of halogens is 1. The van der Waals surface area contributed by atoms with Crippen LogP contribution in [0.1, 0.15) is 19.8 Å². The van der Waals surface area contributed by atoms with E-state index in [4.69, 9.17) is 16.3 Å². The average molecular weight is 511 g/mol. The Labute approximate surface area is 204 Å². The number of nitrogens with zero attached hydrogens (tertiary/aromatic N) is 1. The minimum Gasteiger partial charge on any atom is -0.481 e. The molecule has 0 aliphatic heterocycles. The van der Waals surface area contributed by atoms with E-state index in [1.54, 1.807) is 30.8 Å². The molecule has 2 aromatic rings. The van der Waals surface area contributed by atoms with Crippen molar-refractivity contribution in [3.63, 3.8) is 0 Å². The van der Waals surface area contributed by atoms with E-state index >= 15 is 0 Å². The maximum absolute atomic E-state index is 13.2. The second-order valence-corrected chi connectivity index (χ2v) is 10.6. The maximum Gasteiger partial charge on any atom is 0.340 e. The van der Waals surface area contributed by atoms with Crippen LogP contribution in [0.2, 0.25) is 5.02 Å². The summed E-state index contributed by atoms with van der Waals surface area (Å²) in [6, 6.07) is 13.1. The van der Waals surface area contributed by atoms with Gasteiger partial charge in [-0.1, -0.05) is 17.5 Å². The molecule has 0 amide bonds. The number of carboxylic acids is 1. The average Bonchev–Trinajstić information content (AvgIpc) is 2.80. The van der Waals surface area contributed by atoms with Gasteiger partial charge < -0.3 is 9.84 Å². The van der Waals surface area contributed by atoms with Gasteiger partial charge >= 0.3 is 5.97 Å². The lowest BCUT2D eigenvalue weighted by molar-refractivity contribution is -0.150. The number of rotatable bonds is 12. The Kier molecular flexibility index (Phi) is 10.1. The van der Waals surface area contributed by atoms with Crippen molar-refractivity contribution < 1.29 is 23.1 Å². The van der Waals surface area contributed by atoms with Crippen LogP contribution in [0.3, 0.4) is 0 Å². The SMILES string of the molecule is CC#CCOc1ccc(S(=O)(=O)N(C)C(CCCSc2ccc(Cl)cc2)(NC)C(=O)O)cc1. The molecule has 178 valence electrons. The number of thioether (sulfide) groups is 1. The molecule has 0 fully saturated rings. The van der Waals surface area contributed by atoms with Crippen LogP contribution in [0.15, 0.2) is 58.3 Å². The van der Waals surface area contributed by atoms with Crippen LogP contribution in [0, 0.1) is 11.8 Å². The molecule has 0 saturated heterocycles. The molecule has 2 rings (SSSR count). The number of nitrogens with one attached hydrogen (secondary N) is 1. The number of carboxylic acid groups (broad SMARTS) is 1. The van der Waals surface area contributed by atoms with E-state index in [1.165, 1.54) is 38.4 Å². The van der Waals surface area contributed by atoms with Crippen LogP contribution >= 0.6 is 23.4 Å². The van der Waals surface area contributed by atoms with Crippen molar-refractivity contribution in [2.24, 2.45) is 0 Å². The molecular weight excluding hydrogens is 484 g/mol. The Morgan fingerprint density at radius 3 is 2.39 bits per heavy atom. The fourth-order valence-electron chi connectivity index (χ4n) is 3.10. The van der Waals surface area contributed by atoms with E-state index in [9.17, 15) is 18.3 Å². The molecule has 0 aliphatic carbocycles. The van der Waals surface area contributed by atoms with Gasteiger partial charge in [0.2, 0.25) is 10.0 Å². The molecule has 10 heteroatoms. The molecule has 33 heavy (non-hydrogen) atoms. The van der Waals surface area contributed by atoms with Gasteiger partial charge in [-0.3, -0.25) is 5.32 Å². The zero-order chi connectivity index (χ0) is 24.5. The van der Waals surface area contributed by atoms with Crippen molar-refractivity contribution in [1.29, 1.82) is 0 Å². The van der Waals surface area contributed by atoms with Gasteiger partial charge in [0.05, 0.1) is 4.90 Å². The molecule has 0 bridgehead atoms. The summed E-state index contributed by atoms with van der Waals surface area (Å²) in [4.78, 5) is 13.2. The van der Waals surface area contributed by atoms with Crippen LogP contribution in [-0.4, -0.2) is 55.9 Å². The van der Waals surface area contributed by atoms with Gasteiger partial charge in [-0.2, -0.15) is 4.31 Å². The molecule has 2 N–H and O–H groups in total. The Balaban J connectivity index is 2.14. The zero-order valence-corrected chi connectivity index (χ0v) is 21.1. The largest absolute Gasteiger partial charge is 0.481 e. The van der Waals surface area contributed by atoms with E-state index in [2.05, 4.69) is 17.2 Å². The van der Waals surface area contributed by atoms with Crippen LogP contribution in [0.4, 0.5) is 0 Å². The topological polar surface area (TPSA) is 95.9 Å². The van der Waals surface area contributed by atoms with Crippen LogP contribution in [-0.2, 0) is 14.8 Å². The highest BCUT2D eigenvalue weighted by atomic mass is 35.5. The lowest BCUT2D eigenvalue weighted by atomic mass is 10.1. The quantitative estimate of drug-likeness (QED) is 0.193. The van der Waals surface area contributed by atoms with Crippen molar-refractivity contribution in [3.8, 4) is 17.6 Å². The fraction of sp³-hybridized carbons (Fsp3) is 0.348. The molecule has 0 radical (unpaired) electrons. The predicted molar refractivity (Wildman–Crippen MR) is 131 cm³/mol. The monoisotopic (exact) mass is 510 g/mol. The summed E-state index contributed by atoms with van der Waals surface area (Å²) < 4.78 is 32.8. The first kappa shape index (κ1) is 27.0. The number of likely N-dealkylation sites (N-methyl/N-ethyl adjacent to an activating group) is 2. The molecule has 0 spiro atoms. The van der Waals surface area contributed by atoms with E-state index in [0.29, 0.717) is 22.9 Å². The summed E-state index contributed by atoms with van der Waals surface area (Å²) in [5.41, 5.74) is -1.80. The Morgan fingerprint density at radius 1 is 1.21 bits per heavy atom. The van der Waals surface area contributed by atoms with Gasteiger partial charge in [-0.05, 0) is 81.1 Å². The Bertz CT molecular complexity index is 1100. The highest BCUT2D eigenvalue weighted by Gasteiger charge is 2.46. The number of hydrogen-bond acceptors (Lipinski definition) is 6. The van der Waals surface area contributed by atoms with Gasteiger partial charge in [0.1, 0.15) is 12.4 Å². The molecule has 0 aliphatic rings. The second kappa shape index (κ2) is 12.3. The zero-order valence-electron chi connectivity index (χ0n) is 18.7. The summed E-state index contributed by atoms with van der Waals surface area (Å²) in [6.45, 7) is 1.89. The van der Waals surface area contributed by atoms with E-state index in [0.717, 1.165) is 9.20 Å². The van der Waals surface area contributed by atoms with Crippen molar-refractivity contribution >= 4 is 39.4 Å². The molecule has 0 aromatic heterocycles. The fourth-order valence-corrected chi connectivity index (χ4v) is 5.55. The van der Waals surface area contributed by atoms with E-state index < -0.39 is 21.7 Å². The first-order valence-corrected chi connectivity index (χ1v) is 12.9. The normalized spacial score (nSPS) is 13.1. The third-order valence-corrected chi connectivity index (χ3v) is 8.29.